The topological polar surface area (TPSA) is 126 Å². The summed E-state index contributed by atoms with van der Waals surface area (Å²) in [6.07, 6.45) is 4.17. The summed E-state index contributed by atoms with van der Waals surface area (Å²) < 4.78 is 1.95. The molecule has 1 aliphatic heterocycles. The van der Waals surface area contributed by atoms with Crippen LogP contribution in [0, 0.1) is 0 Å². The van der Waals surface area contributed by atoms with Gasteiger partial charge in [-0.1, -0.05) is 53.7 Å². The molecule has 2 aromatic heterocycles. The third kappa shape index (κ3) is 5.82. The van der Waals surface area contributed by atoms with Gasteiger partial charge in [0.15, 0.2) is 0 Å². The van der Waals surface area contributed by atoms with Gasteiger partial charge in [-0.2, -0.15) is 5.10 Å². The van der Waals surface area contributed by atoms with E-state index in [1.54, 1.807) is 12.3 Å². The Morgan fingerprint density at radius 1 is 1.05 bits per heavy atom. The van der Waals surface area contributed by atoms with E-state index in [1.165, 1.54) is 4.90 Å². The van der Waals surface area contributed by atoms with Crippen LogP contribution in [-0.4, -0.2) is 49.9 Å². The second kappa shape index (κ2) is 10.1. The van der Waals surface area contributed by atoms with E-state index < -0.39 is 6.09 Å². The van der Waals surface area contributed by atoms with Gasteiger partial charge >= 0.3 is 6.09 Å². The van der Waals surface area contributed by atoms with Crippen LogP contribution in [0.15, 0.2) is 42.7 Å². The summed E-state index contributed by atoms with van der Waals surface area (Å²) in [7, 11) is 0. The van der Waals surface area contributed by atoms with Crippen LogP contribution < -0.4 is 11.1 Å². The van der Waals surface area contributed by atoms with Crippen molar-refractivity contribution in [2.45, 2.75) is 71.3 Å². The predicted molar refractivity (Wildman–Crippen MR) is 150 cm³/mol. The van der Waals surface area contributed by atoms with Crippen molar-refractivity contribution in [3.8, 4) is 11.1 Å². The Morgan fingerprint density at radius 2 is 1.74 bits per heavy atom. The number of pyridine rings is 1. The molecule has 9 nitrogen and oxygen atoms in total. The number of nitrogens with two attached hydrogens (primary N) is 1. The maximum absolute atomic E-state index is 13.3. The van der Waals surface area contributed by atoms with Gasteiger partial charge in [-0.15, -0.1) is 0 Å². The Morgan fingerprint density at radius 3 is 2.34 bits per heavy atom. The van der Waals surface area contributed by atoms with Gasteiger partial charge in [0.2, 0.25) is 0 Å². The number of carbonyl (C=O) groups excluding carboxylic acids is 1. The molecule has 2 amide bonds. The highest BCUT2D eigenvalue weighted by Gasteiger charge is 2.29. The molecule has 0 saturated carbocycles. The van der Waals surface area contributed by atoms with Crippen molar-refractivity contribution in [2.75, 3.05) is 24.1 Å². The summed E-state index contributed by atoms with van der Waals surface area (Å²) in [6.45, 7) is 13.6. The van der Waals surface area contributed by atoms with Gasteiger partial charge in [0.05, 0.1) is 17.3 Å². The second-order valence-corrected chi connectivity index (χ2v) is 12.1. The van der Waals surface area contributed by atoms with Crippen LogP contribution in [0.3, 0.4) is 0 Å². The number of carbonyl (C=O) groups is 2. The molecule has 0 radical (unpaired) electrons. The van der Waals surface area contributed by atoms with E-state index in [1.807, 2.05) is 35.1 Å². The summed E-state index contributed by atoms with van der Waals surface area (Å²) in [5, 5.41) is 17.2. The van der Waals surface area contributed by atoms with Crippen LogP contribution in [0.5, 0.6) is 0 Å². The minimum Gasteiger partial charge on any atom is -0.465 e. The zero-order valence-corrected chi connectivity index (χ0v) is 23.1. The number of amides is 2. The number of rotatable bonds is 4. The average molecular weight is 519 g/mol. The summed E-state index contributed by atoms with van der Waals surface area (Å²) in [6, 6.07) is 9.68. The van der Waals surface area contributed by atoms with Gasteiger partial charge in [0, 0.05) is 47.7 Å². The third-order valence-electron chi connectivity index (χ3n) is 7.01. The molecule has 1 aliphatic rings. The monoisotopic (exact) mass is 518 g/mol. The number of carboxylic acid groups (broad SMARTS) is 1. The molecule has 3 heterocycles. The lowest BCUT2D eigenvalue weighted by atomic mass is 9.87. The molecule has 0 atom stereocenters. The molecule has 9 heteroatoms. The Labute approximate surface area is 224 Å². The predicted octanol–water partition coefficient (Wildman–Crippen LogP) is 5.69. The number of benzene rings is 1. The van der Waals surface area contributed by atoms with Gasteiger partial charge in [-0.25, -0.2) is 9.78 Å². The van der Waals surface area contributed by atoms with Crippen LogP contribution in [-0.2, 0) is 10.8 Å². The number of hydrogen-bond donors (Lipinski definition) is 3. The van der Waals surface area contributed by atoms with Gasteiger partial charge < -0.3 is 21.1 Å². The van der Waals surface area contributed by atoms with E-state index in [4.69, 9.17) is 10.8 Å². The summed E-state index contributed by atoms with van der Waals surface area (Å²) in [5.74, 6) is -0.169. The Balaban J connectivity index is 1.65. The number of likely N-dealkylation sites (tertiary alicyclic amines) is 1. The number of nitrogens with zero attached hydrogens (tertiary/aromatic N) is 4. The number of anilines is 2. The van der Waals surface area contributed by atoms with E-state index in [0.29, 0.717) is 37.2 Å². The van der Waals surface area contributed by atoms with Crippen LogP contribution in [0.4, 0.5) is 16.3 Å². The molecule has 0 aliphatic carbocycles. The lowest BCUT2D eigenvalue weighted by molar-refractivity contribution is 0.102. The van der Waals surface area contributed by atoms with Crippen molar-refractivity contribution in [3.63, 3.8) is 0 Å². The summed E-state index contributed by atoms with van der Waals surface area (Å²) in [5.41, 5.74) is 10.5. The fraction of sp³-hybridized carbons (Fsp3) is 0.448. The highest BCUT2D eigenvalue weighted by Crippen LogP contribution is 2.35. The first kappa shape index (κ1) is 27.2. The summed E-state index contributed by atoms with van der Waals surface area (Å²) >= 11 is 0. The zero-order valence-electron chi connectivity index (χ0n) is 23.1. The molecular formula is C29H38N6O3. The maximum Gasteiger partial charge on any atom is 0.407 e. The SMILES string of the molecule is CC(C)(C)c1cccc(NC(=O)c2cc(-c3cn(C4CCN(C(=O)O)CC4)nc3C(C)(C)C)cnc2N)c1. The molecule has 3 aromatic rings. The van der Waals surface area contributed by atoms with Gasteiger partial charge in [0.25, 0.3) is 5.91 Å². The van der Waals surface area contributed by atoms with Gasteiger partial charge in [0.1, 0.15) is 5.82 Å². The first-order valence-electron chi connectivity index (χ1n) is 13.0. The van der Waals surface area contributed by atoms with Crippen molar-refractivity contribution < 1.29 is 14.7 Å². The minimum absolute atomic E-state index is 0.0466. The lowest BCUT2D eigenvalue weighted by Gasteiger charge is -2.30. The van der Waals surface area contributed by atoms with Gasteiger partial charge in [-0.05, 0) is 42.0 Å². The van der Waals surface area contributed by atoms with E-state index in [-0.39, 0.29) is 28.6 Å². The van der Waals surface area contributed by atoms with Gasteiger partial charge in [-0.3, -0.25) is 9.48 Å². The Kier molecular flexibility index (Phi) is 7.23. The number of hydrogen-bond acceptors (Lipinski definition) is 5. The van der Waals surface area contributed by atoms with Crippen molar-refractivity contribution >= 4 is 23.5 Å². The quantitative estimate of drug-likeness (QED) is 0.407. The third-order valence-corrected chi connectivity index (χ3v) is 7.01. The smallest absolute Gasteiger partial charge is 0.407 e. The zero-order chi connectivity index (χ0) is 27.8. The van der Waals surface area contributed by atoms with E-state index in [2.05, 4.69) is 51.8 Å². The number of nitrogen functional groups attached to an aromatic ring is 1. The molecule has 202 valence electrons. The maximum atomic E-state index is 13.3. The molecule has 4 rings (SSSR count). The molecule has 1 fully saturated rings. The average Bonchev–Trinajstić information content (AvgIpc) is 3.30. The lowest BCUT2D eigenvalue weighted by Crippen LogP contribution is -2.38. The van der Waals surface area contributed by atoms with E-state index in [9.17, 15) is 14.7 Å². The molecule has 1 saturated heterocycles. The number of aromatic nitrogens is 3. The minimum atomic E-state index is -0.885. The molecule has 38 heavy (non-hydrogen) atoms. The van der Waals surface area contributed by atoms with Crippen molar-refractivity contribution in [2.24, 2.45) is 0 Å². The molecule has 0 bridgehead atoms. The van der Waals surface area contributed by atoms with Crippen LogP contribution in [0.1, 0.15) is 82.0 Å². The fourth-order valence-corrected chi connectivity index (χ4v) is 4.73. The molecule has 0 spiro atoms. The highest BCUT2D eigenvalue weighted by atomic mass is 16.4. The molecule has 4 N–H and O–H groups in total. The molecule has 1 aromatic carbocycles. The van der Waals surface area contributed by atoms with Crippen LogP contribution in [0.25, 0.3) is 11.1 Å². The van der Waals surface area contributed by atoms with Crippen LogP contribution in [0.2, 0.25) is 0 Å². The number of nitrogens with one attached hydrogen (secondary N) is 1. The van der Waals surface area contributed by atoms with E-state index in [0.717, 1.165) is 22.4 Å². The normalized spacial score (nSPS) is 14.9. The van der Waals surface area contributed by atoms with Crippen molar-refractivity contribution in [3.05, 3.63) is 59.5 Å². The largest absolute Gasteiger partial charge is 0.465 e. The molecule has 0 unspecified atom stereocenters. The first-order chi connectivity index (χ1) is 17.7. The van der Waals surface area contributed by atoms with Crippen molar-refractivity contribution in [1.82, 2.24) is 19.7 Å². The van der Waals surface area contributed by atoms with Crippen molar-refractivity contribution in [1.29, 1.82) is 0 Å². The standard InChI is InChI=1S/C29H38N6O3/c1-28(2,3)19-8-7-9-20(15-19)32-26(36)22-14-18(16-31-25(22)30)23-17-35(33-24(23)29(4,5)6)21-10-12-34(13-11-21)27(37)38/h7-9,14-17,21H,10-13H2,1-6H3,(H2,30,31)(H,32,36)(H,37,38). The van der Waals surface area contributed by atoms with Crippen LogP contribution >= 0.6 is 0 Å². The first-order valence-corrected chi connectivity index (χ1v) is 13.0. The summed E-state index contributed by atoms with van der Waals surface area (Å²) in [4.78, 5) is 30.4. The Bertz CT molecular complexity index is 1340. The Hall–Kier alpha value is -3.88. The van der Waals surface area contributed by atoms with E-state index >= 15 is 0 Å². The highest BCUT2D eigenvalue weighted by molar-refractivity contribution is 6.08. The molecular weight excluding hydrogens is 480 g/mol. The fourth-order valence-electron chi connectivity index (χ4n) is 4.73. The second-order valence-electron chi connectivity index (χ2n) is 12.1. The number of piperidine rings is 1.